The first-order chi connectivity index (χ1) is 19.6. The van der Waals surface area contributed by atoms with Gasteiger partial charge in [0, 0.05) is 38.2 Å². The van der Waals surface area contributed by atoms with Gasteiger partial charge in [-0.05, 0) is 55.4 Å². The molecule has 9 nitrogen and oxygen atoms in total. The lowest BCUT2D eigenvalue weighted by atomic mass is 10.1. The van der Waals surface area contributed by atoms with E-state index in [1.165, 1.54) is 0 Å². The first kappa shape index (κ1) is 27.2. The van der Waals surface area contributed by atoms with E-state index in [2.05, 4.69) is 37.7 Å². The molecular weight excluding hydrogens is 502 g/mol. The van der Waals surface area contributed by atoms with Crippen LogP contribution in [0.5, 0.6) is 0 Å². The van der Waals surface area contributed by atoms with Gasteiger partial charge in [0.2, 0.25) is 5.95 Å². The number of anilines is 3. The third-order valence-electron chi connectivity index (χ3n) is 6.92. The lowest BCUT2D eigenvalue weighted by molar-refractivity contribution is 0.0344. The molecule has 2 N–H and O–H groups in total. The van der Waals surface area contributed by atoms with Gasteiger partial charge in [0.1, 0.15) is 11.4 Å². The number of carbonyl (C=O) groups is 1. The minimum atomic E-state index is -0.120. The lowest BCUT2D eigenvalue weighted by Gasteiger charge is -2.22. The van der Waals surface area contributed by atoms with Crippen molar-refractivity contribution < 1.29 is 9.53 Å². The van der Waals surface area contributed by atoms with E-state index < -0.39 is 0 Å². The number of carbonyl (C=O) groups excluding carboxylic acids is 1. The Labute approximate surface area is 235 Å². The van der Waals surface area contributed by atoms with E-state index >= 15 is 0 Å². The van der Waals surface area contributed by atoms with Gasteiger partial charge in [-0.1, -0.05) is 48.5 Å². The molecule has 206 valence electrons. The van der Waals surface area contributed by atoms with Gasteiger partial charge >= 0.3 is 0 Å². The molecule has 1 aliphatic heterocycles. The molecule has 5 rings (SSSR count). The molecule has 0 bridgehead atoms. The van der Waals surface area contributed by atoms with E-state index in [0.29, 0.717) is 43.6 Å². The highest BCUT2D eigenvalue weighted by atomic mass is 16.5. The topological polar surface area (TPSA) is 95.5 Å². The molecule has 0 spiro atoms. The van der Waals surface area contributed by atoms with Gasteiger partial charge in [-0.15, -0.1) is 0 Å². The molecule has 4 aromatic rings. The third kappa shape index (κ3) is 6.62. The second-order valence-corrected chi connectivity index (χ2v) is 9.76. The van der Waals surface area contributed by atoms with Crippen molar-refractivity contribution in [2.24, 2.45) is 0 Å². The number of rotatable bonds is 11. The van der Waals surface area contributed by atoms with E-state index in [0.717, 1.165) is 35.5 Å². The number of ether oxygens (including phenoxy) is 1. The Kier molecular flexibility index (Phi) is 8.95. The number of aromatic nitrogens is 3. The molecule has 3 heterocycles. The second kappa shape index (κ2) is 13.1. The molecule has 40 heavy (non-hydrogen) atoms. The quantitative estimate of drug-likeness (QED) is 0.290. The molecule has 0 radical (unpaired) electrons. The summed E-state index contributed by atoms with van der Waals surface area (Å²) in [5.74, 6) is 0.952. The van der Waals surface area contributed by atoms with Crippen LogP contribution < -0.4 is 20.4 Å². The predicted molar refractivity (Wildman–Crippen MR) is 157 cm³/mol. The average Bonchev–Trinajstić information content (AvgIpc) is 3.12. The zero-order valence-electron chi connectivity index (χ0n) is 23.0. The fraction of sp³-hybridized carbons (Fsp3) is 0.290. The van der Waals surface area contributed by atoms with Gasteiger partial charge in [0.25, 0.3) is 5.91 Å². The summed E-state index contributed by atoms with van der Waals surface area (Å²) in [5, 5.41) is 6.42. The van der Waals surface area contributed by atoms with Crippen molar-refractivity contribution in [2.75, 3.05) is 48.8 Å². The minimum absolute atomic E-state index is 0.0183. The molecule has 1 atom stereocenters. The number of hydrogen-bond donors (Lipinski definition) is 2. The summed E-state index contributed by atoms with van der Waals surface area (Å²) in [7, 11) is 3.90. The van der Waals surface area contributed by atoms with Crippen molar-refractivity contribution in [1.82, 2.24) is 20.3 Å². The van der Waals surface area contributed by atoms with Crippen LogP contribution in [0.3, 0.4) is 0 Å². The highest BCUT2D eigenvalue weighted by Gasteiger charge is 2.28. The molecule has 9 heteroatoms. The first-order valence-electron chi connectivity index (χ1n) is 13.6. The highest BCUT2D eigenvalue weighted by molar-refractivity contribution is 6.09. The Morgan fingerprint density at radius 2 is 1.85 bits per heavy atom. The molecule has 2 aromatic heterocycles. The largest absolute Gasteiger partial charge is 0.369 e. The fourth-order valence-corrected chi connectivity index (χ4v) is 4.72. The predicted octanol–water partition coefficient (Wildman–Crippen LogP) is 4.45. The maximum Gasteiger partial charge on any atom is 0.263 e. The van der Waals surface area contributed by atoms with E-state index in [1.54, 1.807) is 17.3 Å². The first-order valence-corrected chi connectivity index (χ1v) is 13.6. The second-order valence-electron chi connectivity index (χ2n) is 9.76. The smallest absolute Gasteiger partial charge is 0.263 e. The van der Waals surface area contributed by atoms with Gasteiger partial charge in [0.15, 0.2) is 0 Å². The number of hydrogen-bond acceptors (Lipinski definition) is 8. The number of nitrogens with zero attached hydrogens (tertiary/aromatic N) is 5. The molecule has 2 aromatic carbocycles. The molecule has 0 saturated carbocycles. The fourth-order valence-electron chi connectivity index (χ4n) is 4.72. The Bertz CT molecular complexity index is 1400. The summed E-state index contributed by atoms with van der Waals surface area (Å²) in [6, 6.07) is 24.1. The highest BCUT2D eigenvalue weighted by Crippen LogP contribution is 2.28. The summed E-state index contributed by atoms with van der Waals surface area (Å²) in [6.45, 7) is 2.97. The minimum Gasteiger partial charge on any atom is -0.369 e. The van der Waals surface area contributed by atoms with Crippen molar-refractivity contribution in [3.05, 3.63) is 108 Å². The van der Waals surface area contributed by atoms with E-state index in [9.17, 15) is 4.79 Å². The summed E-state index contributed by atoms with van der Waals surface area (Å²) in [4.78, 5) is 30.9. The van der Waals surface area contributed by atoms with Crippen LogP contribution in [-0.4, -0.2) is 54.6 Å². The van der Waals surface area contributed by atoms with Crippen LogP contribution in [0.4, 0.5) is 17.5 Å². The summed E-state index contributed by atoms with van der Waals surface area (Å²) in [6.07, 6.45) is 4.21. The Morgan fingerprint density at radius 3 is 2.65 bits per heavy atom. The Balaban J connectivity index is 1.30. The van der Waals surface area contributed by atoms with Crippen LogP contribution in [0.1, 0.15) is 39.7 Å². The summed E-state index contributed by atoms with van der Waals surface area (Å²) < 4.78 is 6.37. The number of amides is 1. The van der Waals surface area contributed by atoms with Gasteiger partial charge in [-0.2, -0.15) is 4.98 Å². The molecule has 0 saturated heterocycles. The normalized spacial score (nSPS) is 14.0. The van der Waals surface area contributed by atoms with Gasteiger partial charge < -0.3 is 25.2 Å². The summed E-state index contributed by atoms with van der Waals surface area (Å²) in [5.41, 5.74) is 4.36. The van der Waals surface area contributed by atoms with E-state index in [1.807, 2.05) is 79.7 Å². The third-order valence-corrected chi connectivity index (χ3v) is 6.92. The van der Waals surface area contributed by atoms with Crippen molar-refractivity contribution >= 4 is 23.4 Å². The van der Waals surface area contributed by atoms with Crippen molar-refractivity contribution in [1.29, 1.82) is 0 Å². The van der Waals surface area contributed by atoms with E-state index in [-0.39, 0.29) is 12.0 Å². The number of nitrogens with one attached hydrogen (secondary N) is 2. The Morgan fingerprint density at radius 1 is 1.00 bits per heavy atom. The maximum absolute atomic E-state index is 13.7. The van der Waals surface area contributed by atoms with Crippen LogP contribution >= 0.6 is 0 Å². The molecular formula is C31H35N7O2. The van der Waals surface area contributed by atoms with Gasteiger partial charge in [0.05, 0.1) is 24.9 Å². The number of fused-ring (bicyclic) bond motifs is 1. The van der Waals surface area contributed by atoms with Gasteiger partial charge in [-0.3, -0.25) is 9.78 Å². The monoisotopic (exact) mass is 537 g/mol. The van der Waals surface area contributed by atoms with Crippen LogP contribution in [0.25, 0.3) is 0 Å². The number of likely N-dealkylation sites (N-methyl/N-ethyl adjacent to an activating group) is 1. The average molecular weight is 538 g/mol. The maximum atomic E-state index is 13.7. The number of benzene rings is 2. The van der Waals surface area contributed by atoms with Gasteiger partial charge in [-0.25, -0.2) is 4.98 Å². The summed E-state index contributed by atoms with van der Waals surface area (Å²) >= 11 is 0. The number of pyridine rings is 1. The zero-order chi connectivity index (χ0) is 27.7. The molecule has 0 aliphatic carbocycles. The molecule has 1 amide bonds. The van der Waals surface area contributed by atoms with Crippen molar-refractivity contribution in [2.45, 2.75) is 25.7 Å². The molecule has 0 fully saturated rings. The molecule has 1 unspecified atom stereocenters. The Hall–Kier alpha value is -4.34. The zero-order valence-corrected chi connectivity index (χ0v) is 23.0. The SMILES string of the molecule is CNCCC(OCc1cccc(N2CCN(C)c3nc(NCc4ccccn4)ncc3C2=O)c1)c1ccccc1. The standard InChI is InChI=1S/C31H35N7O2/c1-32-16-14-28(24-10-4-3-5-11-24)40-22-23-9-8-13-26(19-23)38-18-17-37(2)29-27(30(38)39)21-35-31(36-29)34-20-25-12-6-7-15-33-25/h3-13,15,19,21,28,32H,14,16-18,20,22H2,1-2H3,(H,34,35,36). The van der Waals surface area contributed by atoms with Crippen molar-refractivity contribution in [3.8, 4) is 0 Å². The van der Waals surface area contributed by atoms with Crippen LogP contribution in [0.15, 0.2) is 85.2 Å². The van der Waals surface area contributed by atoms with Crippen LogP contribution in [0, 0.1) is 0 Å². The van der Waals surface area contributed by atoms with Crippen LogP contribution in [0.2, 0.25) is 0 Å². The van der Waals surface area contributed by atoms with Crippen molar-refractivity contribution in [3.63, 3.8) is 0 Å². The van der Waals surface area contributed by atoms with E-state index in [4.69, 9.17) is 4.74 Å². The lowest BCUT2D eigenvalue weighted by Crippen LogP contribution is -2.33. The van der Waals surface area contributed by atoms with Crippen LogP contribution in [-0.2, 0) is 17.9 Å². The molecule has 1 aliphatic rings.